The molecular formula is C5H10N2S. The highest BCUT2D eigenvalue weighted by atomic mass is 32.2. The lowest BCUT2D eigenvalue weighted by Crippen LogP contribution is -2.21. The number of aliphatic imine (C=N–C) groups is 1. The smallest absolute Gasteiger partial charge is 0.0696 e. The van der Waals surface area contributed by atoms with E-state index in [1.54, 1.807) is 11.9 Å². The highest BCUT2D eigenvalue weighted by molar-refractivity contribution is 8.10. The summed E-state index contributed by atoms with van der Waals surface area (Å²) in [6.07, 6.45) is 0. The van der Waals surface area contributed by atoms with Crippen molar-refractivity contribution in [3.05, 3.63) is 0 Å². The summed E-state index contributed by atoms with van der Waals surface area (Å²) >= 11 is 1.70. The van der Waals surface area contributed by atoms with Crippen LogP contribution in [0.15, 0.2) is 4.99 Å². The Balaban J connectivity index is 2.27. The molecule has 1 heterocycles. The average Bonchev–Trinajstić information content (AvgIpc) is 1.90. The normalized spacial score (nSPS) is 21.6. The van der Waals surface area contributed by atoms with Crippen LogP contribution in [0.4, 0.5) is 0 Å². The van der Waals surface area contributed by atoms with Gasteiger partial charge in [-0.2, -0.15) is 0 Å². The summed E-state index contributed by atoms with van der Waals surface area (Å²) in [5.41, 5.74) is 1.91. The minimum absolute atomic E-state index is 0.973. The topological polar surface area (TPSA) is 15.6 Å². The summed E-state index contributed by atoms with van der Waals surface area (Å²) in [4.78, 5) is 4.07. The fourth-order valence-electron chi connectivity index (χ4n) is 0.607. The molecule has 0 aromatic rings. The van der Waals surface area contributed by atoms with Crippen LogP contribution in [-0.4, -0.2) is 29.5 Å². The summed E-state index contributed by atoms with van der Waals surface area (Å²) in [7, 11) is 0. The van der Waals surface area contributed by atoms with Crippen molar-refractivity contribution in [3.8, 4) is 0 Å². The second-order valence-corrected chi connectivity index (χ2v) is 2.58. The lowest BCUT2D eigenvalue weighted by Gasteiger charge is -2.17. The molecule has 0 amide bonds. The van der Waals surface area contributed by atoms with Crippen LogP contribution in [-0.2, 0) is 0 Å². The van der Waals surface area contributed by atoms with Crippen molar-refractivity contribution in [1.82, 2.24) is 4.31 Å². The predicted molar refractivity (Wildman–Crippen MR) is 38.2 cm³/mol. The van der Waals surface area contributed by atoms with Gasteiger partial charge in [0.1, 0.15) is 0 Å². The zero-order chi connectivity index (χ0) is 5.82. The molecule has 0 N–H and O–H groups in total. The Bertz CT molecular complexity index is 92.4. The molecule has 0 aromatic carbocycles. The van der Waals surface area contributed by atoms with E-state index in [0.29, 0.717) is 0 Å². The molecule has 46 valence electrons. The number of rotatable bonds is 1. The van der Waals surface area contributed by atoms with E-state index >= 15 is 0 Å². The standard InChI is InChI=1S/C5H10N2S/c1-2-7-4-3-6-5-8-7/h5H,2-4H2,1H3. The van der Waals surface area contributed by atoms with Crippen LogP contribution in [0.1, 0.15) is 6.92 Å². The molecule has 0 saturated carbocycles. The van der Waals surface area contributed by atoms with Crippen LogP contribution in [0.3, 0.4) is 0 Å². The molecule has 1 aliphatic heterocycles. The quantitative estimate of drug-likeness (QED) is 0.492. The summed E-state index contributed by atoms with van der Waals surface area (Å²) in [5.74, 6) is 0. The Labute approximate surface area is 54.1 Å². The van der Waals surface area contributed by atoms with E-state index in [0.717, 1.165) is 19.6 Å². The third-order valence-corrected chi connectivity index (χ3v) is 2.08. The zero-order valence-corrected chi connectivity index (χ0v) is 5.82. The molecule has 0 spiro atoms. The van der Waals surface area contributed by atoms with Gasteiger partial charge in [-0.1, -0.05) is 6.92 Å². The van der Waals surface area contributed by atoms with Crippen LogP contribution in [0, 0.1) is 0 Å². The van der Waals surface area contributed by atoms with Gasteiger partial charge in [-0.05, 0) is 11.9 Å². The molecule has 3 heteroatoms. The third-order valence-electron chi connectivity index (χ3n) is 1.10. The molecule has 8 heavy (non-hydrogen) atoms. The summed E-state index contributed by atoms with van der Waals surface area (Å²) in [6, 6.07) is 0. The van der Waals surface area contributed by atoms with Gasteiger partial charge in [0.25, 0.3) is 0 Å². The Hall–Kier alpha value is -0.0200. The predicted octanol–water partition coefficient (Wildman–Crippen LogP) is 0.998. The van der Waals surface area contributed by atoms with E-state index in [-0.39, 0.29) is 0 Å². The first-order valence-corrected chi connectivity index (χ1v) is 3.67. The van der Waals surface area contributed by atoms with E-state index in [2.05, 4.69) is 16.2 Å². The van der Waals surface area contributed by atoms with Gasteiger partial charge in [0, 0.05) is 13.1 Å². The molecule has 2 nitrogen and oxygen atoms in total. The number of nitrogens with zero attached hydrogens (tertiary/aromatic N) is 2. The largest absolute Gasteiger partial charge is 0.284 e. The first kappa shape index (κ1) is 6.11. The van der Waals surface area contributed by atoms with Crippen LogP contribution in [0.2, 0.25) is 0 Å². The fraction of sp³-hybridized carbons (Fsp3) is 0.800. The van der Waals surface area contributed by atoms with Gasteiger partial charge in [0.05, 0.1) is 12.1 Å². The Morgan fingerprint density at radius 1 is 1.88 bits per heavy atom. The van der Waals surface area contributed by atoms with E-state index in [4.69, 9.17) is 0 Å². The number of likely N-dealkylation sites (N-methyl/N-ethyl adjacent to an activating group) is 1. The number of hydrogen-bond donors (Lipinski definition) is 0. The van der Waals surface area contributed by atoms with E-state index in [9.17, 15) is 0 Å². The molecule has 1 rings (SSSR count). The van der Waals surface area contributed by atoms with Gasteiger partial charge in [-0.15, -0.1) is 0 Å². The maximum Gasteiger partial charge on any atom is 0.0696 e. The first-order chi connectivity index (χ1) is 3.93. The van der Waals surface area contributed by atoms with Crippen LogP contribution in [0.5, 0.6) is 0 Å². The van der Waals surface area contributed by atoms with Crippen LogP contribution >= 0.6 is 11.9 Å². The molecule has 1 aliphatic rings. The molecule has 0 atom stereocenters. The van der Waals surface area contributed by atoms with Crippen molar-refractivity contribution in [2.75, 3.05) is 19.6 Å². The van der Waals surface area contributed by atoms with Gasteiger partial charge < -0.3 is 0 Å². The molecule has 0 saturated heterocycles. The van der Waals surface area contributed by atoms with Crippen molar-refractivity contribution in [2.45, 2.75) is 6.92 Å². The second kappa shape index (κ2) is 3.10. The monoisotopic (exact) mass is 130 g/mol. The van der Waals surface area contributed by atoms with Crippen molar-refractivity contribution in [1.29, 1.82) is 0 Å². The maximum absolute atomic E-state index is 4.07. The van der Waals surface area contributed by atoms with E-state index in [1.165, 1.54) is 0 Å². The summed E-state index contributed by atoms with van der Waals surface area (Å²) < 4.78 is 2.28. The summed E-state index contributed by atoms with van der Waals surface area (Å²) in [5, 5.41) is 0. The minimum Gasteiger partial charge on any atom is -0.284 e. The van der Waals surface area contributed by atoms with Crippen LogP contribution in [0.25, 0.3) is 0 Å². The highest BCUT2D eigenvalue weighted by Gasteiger charge is 2.02. The third kappa shape index (κ3) is 1.49. The Morgan fingerprint density at radius 2 is 2.75 bits per heavy atom. The molecule has 0 fully saturated rings. The van der Waals surface area contributed by atoms with Crippen molar-refractivity contribution >= 4 is 17.5 Å². The lowest BCUT2D eigenvalue weighted by molar-refractivity contribution is 0.508. The average molecular weight is 130 g/mol. The summed E-state index contributed by atoms with van der Waals surface area (Å²) in [6.45, 7) is 5.36. The lowest BCUT2D eigenvalue weighted by atomic mass is 10.6. The van der Waals surface area contributed by atoms with E-state index in [1.807, 2.05) is 5.55 Å². The SMILES string of the molecule is CCN1CCN=CS1. The van der Waals surface area contributed by atoms with Gasteiger partial charge in [-0.25, -0.2) is 4.31 Å². The van der Waals surface area contributed by atoms with E-state index < -0.39 is 0 Å². The van der Waals surface area contributed by atoms with Crippen molar-refractivity contribution in [2.24, 2.45) is 4.99 Å². The first-order valence-electron chi connectivity index (χ1n) is 2.83. The van der Waals surface area contributed by atoms with Gasteiger partial charge in [0.15, 0.2) is 0 Å². The van der Waals surface area contributed by atoms with Gasteiger partial charge in [0.2, 0.25) is 0 Å². The minimum atomic E-state index is 0.973. The van der Waals surface area contributed by atoms with Gasteiger partial charge in [-0.3, -0.25) is 4.99 Å². The highest BCUT2D eigenvalue weighted by Crippen LogP contribution is 2.08. The second-order valence-electron chi connectivity index (χ2n) is 1.64. The molecule has 0 unspecified atom stereocenters. The molecular weight excluding hydrogens is 120 g/mol. The van der Waals surface area contributed by atoms with Crippen molar-refractivity contribution < 1.29 is 0 Å². The van der Waals surface area contributed by atoms with Crippen LogP contribution < -0.4 is 0 Å². The molecule has 0 aliphatic carbocycles. The Morgan fingerprint density at radius 3 is 3.12 bits per heavy atom. The van der Waals surface area contributed by atoms with Crippen molar-refractivity contribution in [3.63, 3.8) is 0 Å². The molecule has 0 aromatic heterocycles. The fourth-order valence-corrected chi connectivity index (χ4v) is 1.25. The molecule has 0 radical (unpaired) electrons. The Kier molecular flexibility index (Phi) is 2.36. The molecule has 0 bridgehead atoms. The number of hydrogen-bond acceptors (Lipinski definition) is 3. The van der Waals surface area contributed by atoms with Gasteiger partial charge >= 0.3 is 0 Å². The zero-order valence-electron chi connectivity index (χ0n) is 5.00. The maximum atomic E-state index is 4.07.